The standard InChI is InChI=1S/C12H23N3O/c1-4-7-16-8-5-6-13-9-12-10-15(3)14-11(12)2/h10,13H,4-9H2,1-3H3. The fourth-order valence-electron chi connectivity index (χ4n) is 1.59. The Morgan fingerprint density at radius 3 is 2.88 bits per heavy atom. The molecule has 1 aromatic rings. The molecule has 1 N–H and O–H groups in total. The lowest BCUT2D eigenvalue weighted by atomic mass is 10.2. The summed E-state index contributed by atoms with van der Waals surface area (Å²) in [6, 6.07) is 0. The summed E-state index contributed by atoms with van der Waals surface area (Å²) in [6.07, 6.45) is 4.23. The number of aryl methyl sites for hydroxylation is 2. The van der Waals surface area contributed by atoms with Gasteiger partial charge in [-0.1, -0.05) is 6.92 Å². The van der Waals surface area contributed by atoms with Crippen LogP contribution in [-0.2, 0) is 18.3 Å². The predicted molar refractivity (Wildman–Crippen MR) is 65.4 cm³/mol. The third-order valence-electron chi connectivity index (χ3n) is 2.42. The van der Waals surface area contributed by atoms with Crippen LogP contribution in [0.15, 0.2) is 6.20 Å². The Bertz CT molecular complexity index is 296. The lowest BCUT2D eigenvalue weighted by molar-refractivity contribution is 0.132. The molecule has 0 aliphatic rings. The summed E-state index contributed by atoms with van der Waals surface area (Å²) >= 11 is 0. The molecule has 0 bridgehead atoms. The maximum Gasteiger partial charge on any atom is 0.0638 e. The first-order valence-electron chi connectivity index (χ1n) is 6.01. The van der Waals surface area contributed by atoms with Crippen molar-refractivity contribution < 1.29 is 4.74 Å². The fourth-order valence-corrected chi connectivity index (χ4v) is 1.59. The Morgan fingerprint density at radius 2 is 2.25 bits per heavy atom. The summed E-state index contributed by atoms with van der Waals surface area (Å²) in [5.41, 5.74) is 2.38. The van der Waals surface area contributed by atoms with Crippen molar-refractivity contribution in [2.45, 2.75) is 33.2 Å². The van der Waals surface area contributed by atoms with E-state index in [0.29, 0.717) is 0 Å². The van der Waals surface area contributed by atoms with Crippen molar-refractivity contribution in [3.05, 3.63) is 17.5 Å². The van der Waals surface area contributed by atoms with E-state index in [9.17, 15) is 0 Å². The summed E-state index contributed by atoms with van der Waals surface area (Å²) in [5.74, 6) is 0. The van der Waals surface area contributed by atoms with Crippen molar-refractivity contribution in [1.82, 2.24) is 15.1 Å². The molecule has 1 rings (SSSR count). The van der Waals surface area contributed by atoms with Crippen LogP contribution < -0.4 is 5.32 Å². The monoisotopic (exact) mass is 225 g/mol. The zero-order valence-corrected chi connectivity index (χ0v) is 10.6. The molecule has 0 fully saturated rings. The molecule has 0 aliphatic carbocycles. The number of hydrogen-bond donors (Lipinski definition) is 1. The zero-order chi connectivity index (χ0) is 11.8. The highest BCUT2D eigenvalue weighted by Crippen LogP contribution is 2.03. The van der Waals surface area contributed by atoms with Gasteiger partial charge >= 0.3 is 0 Å². The first-order chi connectivity index (χ1) is 7.74. The Hall–Kier alpha value is -0.870. The summed E-state index contributed by atoms with van der Waals surface area (Å²) in [6.45, 7) is 7.80. The van der Waals surface area contributed by atoms with E-state index in [1.54, 1.807) is 0 Å². The minimum atomic E-state index is 0.854. The van der Waals surface area contributed by atoms with Gasteiger partial charge in [0.25, 0.3) is 0 Å². The number of nitrogens with zero attached hydrogens (tertiary/aromatic N) is 2. The summed E-state index contributed by atoms with van der Waals surface area (Å²) < 4.78 is 7.26. The van der Waals surface area contributed by atoms with Crippen LogP contribution in [0.5, 0.6) is 0 Å². The Kier molecular flexibility index (Phi) is 6.11. The van der Waals surface area contributed by atoms with E-state index >= 15 is 0 Å². The average molecular weight is 225 g/mol. The number of aromatic nitrogens is 2. The van der Waals surface area contributed by atoms with Crippen LogP contribution in [0.4, 0.5) is 0 Å². The molecule has 0 saturated carbocycles. The summed E-state index contributed by atoms with van der Waals surface area (Å²) in [7, 11) is 1.95. The van der Waals surface area contributed by atoms with Crippen LogP contribution in [-0.4, -0.2) is 29.5 Å². The molecule has 0 amide bonds. The fraction of sp³-hybridized carbons (Fsp3) is 0.750. The van der Waals surface area contributed by atoms with Crippen LogP contribution in [0.25, 0.3) is 0 Å². The van der Waals surface area contributed by atoms with E-state index in [2.05, 4.69) is 23.5 Å². The van der Waals surface area contributed by atoms with Gasteiger partial charge in [0.05, 0.1) is 5.69 Å². The summed E-state index contributed by atoms with van der Waals surface area (Å²) in [4.78, 5) is 0. The van der Waals surface area contributed by atoms with Crippen molar-refractivity contribution in [3.8, 4) is 0 Å². The highest BCUT2D eigenvalue weighted by molar-refractivity contribution is 5.14. The lowest BCUT2D eigenvalue weighted by Crippen LogP contribution is -2.16. The Labute approximate surface area is 98.0 Å². The molecular weight excluding hydrogens is 202 g/mol. The molecule has 0 radical (unpaired) electrons. The van der Waals surface area contributed by atoms with E-state index in [1.807, 2.05) is 18.7 Å². The Morgan fingerprint density at radius 1 is 1.44 bits per heavy atom. The molecule has 1 heterocycles. The molecule has 0 unspecified atom stereocenters. The first-order valence-corrected chi connectivity index (χ1v) is 6.01. The minimum absolute atomic E-state index is 0.854. The average Bonchev–Trinajstić information content (AvgIpc) is 2.56. The van der Waals surface area contributed by atoms with Crippen LogP contribution in [0.2, 0.25) is 0 Å². The van der Waals surface area contributed by atoms with Crippen molar-refractivity contribution >= 4 is 0 Å². The molecule has 4 nitrogen and oxygen atoms in total. The van der Waals surface area contributed by atoms with Crippen LogP contribution in [0.1, 0.15) is 31.0 Å². The van der Waals surface area contributed by atoms with E-state index in [-0.39, 0.29) is 0 Å². The first kappa shape index (κ1) is 13.2. The maximum absolute atomic E-state index is 5.41. The van der Waals surface area contributed by atoms with Gasteiger partial charge in [-0.05, 0) is 26.3 Å². The van der Waals surface area contributed by atoms with E-state index in [4.69, 9.17) is 4.74 Å². The number of hydrogen-bond acceptors (Lipinski definition) is 3. The van der Waals surface area contributed by atoms with Gasteiger partial charge in [0.15, 0.2) is 0 Å². The molecule has 0 spiro atoms. The third kappa shape index (κ3) is 4.77. The van der Waals surface area contributed by atoms with E-state index in [0.717, 1.165) is 44.8 Å². The largest absolute Gasteiger partial charge is 0.381 e. The number of rotatable bonds is 8. The molecule has 1 aromatic heterocycles. The second-order valence-electron chi connectivity index (χ2n) is 4.06. The molecular formula is C12H23N3O. The van der Waals surface area contributed by atoms with Crippen LogP contribution in [0, 0.1) is 6.92 Å². The Balaban J connectivity index is 2.05. The highest BCUT2D eigenvalue weighted by atomic mass is 16.5. The van der Waals surface area contributed by atoms with Crippen molar-refractivity contribution in [2.24, 2.45) is 7.05 Å². The van der Waals surface area contributed by atoms with Gasteiger partial charge in [-0.15, -0.1) is 0 Å². The quantitative estimate of drug-likeness (QED) is 0.684. The normalized spacial score (nSPS) is 10.9. The molecule has 16 heavy (non-hydrogen) atoms. The smallest absolute Gasteiger partial charge is 0.0638 e. The van der Waals surface area contributed by atoms with Gasteiger partial charge in [-0.2, -0.15) is 5.10 Å². The molecule has 0 aromatic carbocycles. The molecule has 0 aliphatic heterocycles. The molecule has 0 atom stereocenters. The van der Waals surface area contributed by atoms with Gasteiger partial charge in [-0.25, -0.2) is 0 Å². The third-order valence-corrected chi connectivity index (χ3v) is 2.42. The van der Waals surface area contributed by atoms with Gasteiger partial charge in [0, 0.05) is 38.6 Å². The van der Waals surface area contributed by atoms with E-state index < -0.39 is 0 Å². The number of ether oxygens (including phenoxy) is 1. The maximum atomic E-state index is 5.41. The topological polar surface area (TPSA) is 39.1 Å². The zero-order valence-electron chi connectivity index (χ0n) is 10.6. The molecule has 92 valence electrons. The van der Waals surface area contributed by atoms with E-state index in [1.165, 1.54) is 5.56 Å². The van der Waals surface area contributed by atoms with Gasteiger partial charge in [0.2, 0.25) is 0 Å². The second kappa shape index (κ2) is 7.41. The van der Waals surface area contributed by atoms with Crippen molar-refractivity contribution in [1.29, 1.82) is 0 Å². The highest BCUT2D eigenvalue weighted by Gasteiger charge is 2.01. The molecule has 4 heteroatoms. The predicted octanol–water partition coefficient (Wildman–Crippen LogP) is 1.63. The number of nitrogens with one attached hydrogen (secondary N) is 1. The van der Waals surface area contributed by atoms with Crippen molar-refractivity contribution in [2.75, 3.05) is 19.8 Å². The summed E-state index contributed by atoms with van der Waals surface area (Å²) in [5, 5.41) is 7.70. The van der Waals surface area contributed by atoms with Gasteiger partial charge in [-0.3, -0.25) is 4.68 Å². The van der Waals surface area contributed by atoms with Gasteiger partial charge in [0.1, 0.15) is 0 Å². The van der Waals surface area contributed by atoms with Crippen molar-refractivity contribution in [3.63, 3.8) is 0 Å². The van der Waals surface area contributed by atoms with Crippen LogP contribution in [0.3, 0.4) is 0 Å². The lowest BCUT2D eigenvalue weighted by Gasteiger charge is -2.04. The minimum Gasteiger partial charge on any atom is -0.381 e. The molecule has 0 saturated heterocycles. The second-order valence-corrected chi connectivity index (χ2v) is 4.06. The van der Waals surface area contributed by atoms with Gasteiger partial charge < -0.3 is 10.1 Å². The SMILES string of the molecule is CCCOCCCNCc1cn(C)nc1C. The van der Waals surface area contributed by atoms with Crippen LogP contribution >= 0.6 is 0 Å².